The van der Waals surface area contributed by atoms with Crippen molar-refractivity contribution in [2.45, 2.75) is 64.6 Å². The molecule has 2 atom stereocenters. The molecule has 0 aromatic heterocycles. The van der Waals surface area contributed by atoms with Gasteiger partial charge in [-0.15, -0.1) is 0 Å². The monoisotopic (exact) mass is 292 g/mol. The van der Waals surface area contributed by atoms with Gasteiger partial charge in [0.05, 0.1) is 18.3 Å². The van der Waals surface area contributed by atoms with E-state index < -0.39 is 0 Å². The maximum Gasteiger partial charge on any atom is 0.126 e. The predicted molar refractivity (Wildman–Crippen MR) is 85.3 cm³/mol. The molecule has 1 aliphatic heterocycles. The lowest BCUT2D eigenvalue weighted by atomic mass is 9.95. The van der Waals surface area contributed by atoms with Crippen molar-refractivity contribution in [3.63, 3.8) is 0 Å². The highest BCUT2D eigenvalue weighted by atomic mass is 16.5. The van der Waals surface area contributed by atoms with Gasteiger partial charge < -0.3 is 14.2 Å². The van der Waals surface area contributed by atoms with Gasteiger partial charge in [0.25, 0.3) is 0 Å². The fraction of sp³-hybridized carbons (Fsp3) is 0.667. The highest BCUT2D eigenvalue weighted by molar-refractivity contribution is 5.42. The van der Waals surface area contributed by atoms with Crippen LogP contribution >= 0.6 is 0 Å². The molecule has 0 spiro atoms. The summed E-state index contributed by atoms with van der Waals surface area (Å²) in [6, 6.07) is 6.18. The van der Waals surface area contributed by atoms with Gasteiger partial charge in [0, 0.05) is 19.6 Å². The number of benzene rings is 1. The van der Waals surface area contributed by atoms with Gasteiger partial charge in [-0.3, -0.25) is 0 Å². The zero-order valence-electron chi connectivity index (χ0n) is 13.8. The molecule has 0 aliphatic carbocycles. The van der Waals surface area contributed by atoms with Crippen molar-refractivity contribution in [2.24, 2.45) is 0 Å². The summed E-state index contributed by atoms with van der Waals surface area (Å²) in [5, 5.41) is 0. The molecule has 2 unspecified atom stereocenters. The summed E-state index contributed by atoms with van der Waals surface area (Å²) in [4.78, 5) is 0. The molecular weight excluding hydrogens is 264 g/mol. The summed E-state index contributed by atoms with van der Waals surface area (Å²) in [6.07, 6.45) is 5.49. The third kappa shape index (κ3) is 4.37. The van der Waals surface area contributed by atoms with Crippen molar-refractivity contribution < 1.29 is 14.2 Å². The zero-order valence-corrected chi connectivity index (χ0v) is 13.8. The molecule has 1 aliphatic rings. The lowest BCUT2D eigenvalue weighted by Crippen LogP contribution is -2.26. The average molecular weight is 292 g/mol. The second kappa shape index (κ2) is 7.17. The van der Waals surface area contributed by atoms with Crippen molar-refractivity contribution in [3.05, 3.63) is 23.8 Å². The number of methoxy groups -OCH3 is 1. The Labute approximate surface area is 128 Å². The molecule has 0 saturated carbocycles. The van der Waals surface area contributed by atoms with Crippen LogP contribution in [0.4, 0.5) is 0 Å². The molecular formula is C18H28O3. The van der Waals surface area contributed by atoms with Crippen LogP contribution in [0.5, 0.6) is 11.5 Å². The molecule has 1 heterocycles. The van der Waals surface area contributed by atoms with Crippen molar-refractivity contribution in [2.75, 3.05) is 13.7 Å². The topological polar surface area (TPSA) is 27.7 Å². The Morgan fingerprint density at radius 3 is 2.90 bits per heavy atom. The summed E-state index contributed by atoms with van der Waals surface area (Å²) < 4.78 is 17.2. The molecule has 1 aromatic rings. The molecule has 0 fully saturated rings. The van der Waals surface area contributed by atoms with Gasteiger partial charge in [-0.05, 0) is 51.2 Å². The number of ether oxygens (including phenoxy) is 3. The van der Waals surface area contributed by atoms with E-state index in [-0.39, 0.29) is 11.7 Å². The summed E-state index contributed by atoms with van der Waals surface area (Å²) in [7, 11) is 1.80. The maximum atomic E-state index is 6.00. The molecule has 0 radical (unpaired) electrons. The third-order valence-corrected chi connectivity index (χ3v) is 4.56. The molecule has 2 rings (SSSR count). The first-order valence-electron chi connectivity index (χ1n) is 8.04. The van der Waals surface area contributed by atoms with Crippen LogP contribution in [0.1, 0.15) is 52.0 Å². The fourth-order valence-electron chi connectivity index (χ4n) is 2.70. The summed E-state index contributed by atoms with van der Waals surface area (Å²) in [5.41, 5.74) is 1.29. The minimum absolute atomic E-state index is 0.00112. The van der Waals surface area contributed by atoms with Crippen molar-refractivity contribution >= 4 is 0 Å². The van der Waals surface area contributed by atoms with Crippen molar-refractivity contribution in [1.29, 1.82) is 0 Å². The van der Waals surface area contributed by atoms with E-state index in [0.29, 0.717) is 0 Å². The van der Waals surface area contributed by atoms with E-state index in [9.17, 15) is 0 Å². The van der Waals surface area contributed by atoms with Crippen LogP contribution in [0.15, 0.2) is 18.2 Å². The molecule has 0 saturated heterocycles. The molecule has 0 amide bonds. The summed E-state index contributed by atoms with van der Waals surface area (Å²) in [6.45, 7) is 7.27. The van der Waals surface area contributed by atoms with Crippen molar-refractivity contribution in [1.82, 2.24) is 0 Å². The molecule has 3 nitrogen and oxygen atoms in total. The lowest BCUT2D eigenvalue weighted by molar-refractivity contribution is -0.00768. The first-order chi connectivity index (χ1) is 10.1. The van der Waals surface area contributed by atoms with E-state index in [1.54, 1.807) is 7.11 Å². The van der Waals surface area contributed by atoms with Gasteiger partial charge in [0.2, 0.25) is 0 Å². The van der Waals surface area contributed by atoms with E-state index in [1.165, 1.54) is 5.56 Å². The van der Waals surface area contributed by atoms with Gasteiger partial charge in [-0.25, -0.2) is 0 Å². The molecule has 1 aromatic carbocycles. The van der Waals surface area contributed by atoms with Gasteiger partial charge in [-0.1, -0.05) is 13.0 Å². The smallest absolute Gasteiger partial charge is 0.126 e. The minimum Gasteiger partial charge on any atom is -0.493 e. The normalized spacial score (nSPS) is 17.7. The SMILES string of the molecule is CCC(C)(CCCC(C)Oc1ccc2c(c1)OCC2)OC. The number of hydrogen-bond acceptors (Lipinski definition) is 3. The Balaban J connectivity index is 1.78. The van der Waals surface area contributed by atoms with E-state index in [4.69, 9.17) is 14.2 Å². The Kier molecular flexibility index (Phi) is 5.51. The van der Waals surface area contributed by atoms with Gasteiger partial charge in [-0.2, -0.15) is 0 Å². The highest BCUT2D eigenvalue weighted by Crippen LogP contribution is 2.30. The molecule has 0 bridgehead atoms. The van der Waals surface area contributed by atoms with E-state index in [2.05, 4.69) is 32.9 Å². The van der Waals surface area contributed by atoms with E-state index in [0.717, 1.165) is 50.2 Å². The van der Waals surface area contributed by atoms with Crippen LogP contribution in [-0.4, -0.2) is 25.4 Å². The van der Waals surface area contributed by atoms with Crippen LogP contribution in [-0.2, 0) is 11.2 Å². The molecule has 0 N–H and O–H groups in total. The van der Waals surface area contributed by atoms with Crippen LogP contribution in [0, 0.1) is 0 Å². The highest BCUT2D eigenvalue weighted by Gasteiger charge is 2.21. The molecule has 3 heteroatoms. The number of fused-ring (bicyclic) bond motifs is 1. The predicted octanol–water partition coefficient (Wildman–Crippen LogP) is 4.37. The van der Waals surface area contributed by atoms with Gasteiger partial charge in [0.15, 0.2) is 0 Å². The van der Waals surface area contributed by atoms with Crippen LogP contribution < -0.4 is 9.47 Å². The van der Waals surface area contributed by atoms with Crippen LogP contribution in [0.25, 0.3) is 0 Å². The van der Waals surface area contributed by atoms with E-state index in [1.807, 2.05) is 6.07 Å². The van der Waals surface area contributed by atoms with E-state index >= 15 is 0 Å². The summed E-state index contributed by atoms with van der Waals surface area (Å²) >= 11 is 0. The zero-order chi connectivity index (χ0) is 15.3. The first kappa shape index (κ1) is 16.2. The largest absolute Gasteiger partial charge is 0.493 e. The molecule has 21 heavy (non-hydrogen) atoms. The quantitative estimate of drug-likeness (QED) is 0.712. The summed E-state index contributed by atoms with van der Waals surface area (Å²) in [5.74, 6) is 1.89. The van der Waals surface area contributed by atoms with Crippen LogP contribution in [0.3, 0.4) is 0 Å². The first-order valence-corrected chi connectivity index (χ1v) is 8.04. The maximum absolute atomic E-state index is 6.00. The second-order valence-corrected chi connectivity index (χ2v) is 6.20. The third-order valence-electron chi connectivity index (χ3n) is 4.56. The minimum atomic E-state index is 0.00112. The number of hydrogen-bond donors (Lipinski definition) is 0. The average Bonchev–Trinajstić information content (AvgIpc) is 2.94. The van der Waals surface area contributed by atoms with Crippen molar-refractivity contribution in [3.8, 4) is 11.5 Å². The second-order valence-electron chi connectivity index (χ2n) is 6.20. The Hall–Kier alpha value is -1.22. The van der Waals surface area contributed by atoms with Gasteiger partial charge >= 0.3 is 0 Å². The fourth-order valence-corrected chi connectivity index (χ4v) is 2.70. The standard InChI is InChI=1S/C18H28O3/c1-5-18(3,19-4)11-6-7-14(2)21-16-9-8-15-10-12-20-17(15)13-16/h8-9,13-14H,5-7,10-12H2,1-4H3. The Morgan fingerprint density at radius 2 is 2.19 bits per heavy atom. The lowest BCUT2D eigenvalue weighted by Gasteiger charge is -2.27. The molecule has 118 valence electrons. The number of rotatable bonds is 8. The van der Waals surface area contributed by atoms with Gasteiger partial charge in [0.1, 0.15) is 11.5 Å². The Bertz CT molecular complexity index is 452. The van der Waals surface area contributed by atoms with Crippen LogP contribution in [0.2, 0.25) is 0 Å². The Morgan fingerprint density at radius 1 is 1.38 bits per heavy atom.